The number of fused-ring (bicyclic) bond motifs is 1. The maximum Gasteiger partial charge on any atom is 0.293 e. The number of imide groups is 2. The summed E-state index contributed by atoms with van der Waals surface area (Å²) < 4.78 is 0. The summed E-state index contributed by atoms with van der Waals surface area (Å²) in [4.78, 5) is 64.3. The van der Waals surface area contributed by atoms with Gasteiger partial charge in [0.05, 0.1) is 26.8 Å². The molecule has 0 spiro atoms. The molecule has 0 unspecified atom stereocenters. The fraction of sp³-hybridized carbons (Fsp3) is 0.318. The van der Waals surface area contributed by atoms with E-state index in [-0.39, 0.29) is 36.4 Å². The SMILES string of the molecule is O=C(CN1C(=O)[C@@H]2CC=CC[C@H]2C1=O)NCCN1C(=O)S/C(=C\c2ccc(Cl)c(Cl)c2)C1=O. The lowest BCUT2D eigenvalue weighted by Crippen LogP contribution is -2.43. The normalized spacial score (nSPS) is 23.6. The first-order valence-electron chi connectivity index (χ1n) is 10.2. The van der Waals surface area contributed by atoms with Crippen LogP contribution in [0.15, 0.2) is 35.3 Å². The predicted molar refractivity (Wildman–Crippen MR) is 124 cm³/mol. The number of halogens is 2. The molecule has 5 amide bonds. The summed E-state index contributed by atoms with van der Waals surface area (Å²) in [6.07, 6.45) is 6.31. The lowest BCUT2D eigenvalue weighted by molar-refractivity contribution is -0.143. The second-order valence-corrected chi connectivity index (χ2v) is 9.58. The quantitative estimate of drug-likeness (QED) is 0.360. The van der Waals surface area contributed by atoms with Crippen molar-refractivity contribution >= 4 is 69.9 Å². The van der Waals surface area contributed by atoms with Gasteiger partial charge in [-0.05, 0) is 48.4 Å². The highest BCUT2D eigenvalue weighted by Gasteiger charge is 2.47. The molecule has 8 nitrogen and oxygen atoms in total. The summed E-state index contributed by atoms with van der Waals surface area (Å²) in [5.41, 5.74) is 0.624. The van der Waals surface area contributed by atoms with E-state index in [1.165, 1.54) is 0 Å². The number of nitrogens with zero attached hydrogens (tertiary/aromatic N) is 2. The van der Waals surface area contributed by atoms with Crippen LogP contribution >= 0.6 is 35.0 Å². The summed E-state index contributed by atoms with van der Waals surface area (Å²) in [6.45, 7) is -0.405. The van der Waals surface area contributed by atoms with Gasteiger partial charge < -0.3 is 5.32 Å². The van der Waals surface area contributed by atoms with Crippen molar-refractivity contribution in [3.8, 4) is 0 Å². The molecular formula is C22H19Cl2N3O5S. The number of thioether (sulfide) groups is 1. The Morgan fingerprint density at radius 1 is 1.03 bits per heavy atom. The van der Waals surface area contributed by atoms with Gasteiger partial charge in [0.25, 0.3) is 11.1 Å². The summed E-state index contributed by atoms with van der Waals surface area (Å²) in [5.74, 6) is -2.46. The summed E-state index contributed by atoms with van der Waals surface area (Å²) in [6, 6.07) is 4.86. The zero-order chi connectivity index (χ0) is 23.7. The number of hydrogen-bond acceptors (Lipinski definition) is 6. The molecule has 4 rings (SSSR count). The minimum Gasteiger partial charge on any atom is -0.353 e. The molecule has 172 valence electrons. The number of carbonyl (C=O) groups excluding carboxylic acids is 5. The van der Waals surface area contributed by atoms with Crippen LogP contribution in [0.4, 0.5) is 4.79 Å². The van der Waals surface area contributed by atoms with Crippen LogP contribution in [0.1, 0.15) is 18.4 Å². The fourth-order valence-electron chi connectivity index (χ4n) is 3.98. The monoisotopic (exact) mass is 507 g/mol. The van der Waals surface area contributed by atoms with Gasteiger partial charge in [-0.15, -0.1) is 0 Å². The van der Waals surface area contributed by atoms with Crippen LogP contribution in [-0.4, -0.2) is 58.3 Å². The topological polar surface area (TPSA) is 104 Å². The van der Waals surface area contributed by atoms with E-state index in [0.29, 0.717) is 28.5 Å². The molecule has 2 fully saturated rings. The van der Waals surface area contributed by atoms with E-state index in [4.69, 9.17) is 23.2 Å². The molecule has 11 heteroatoms. The number of likely N-dealkylation sites (tertiary alicyclic amines) is 1. The van der Waals surface area contributed by atoms with Crippen LogP contribution in [0.25, 0.3) is 6.08 Å². The van der Waals surface area contributed by atoms with Crippen LogP contribution < -0.4 is 5.32 Å². The maximum atomic E-state index is 12.6. The Labute approximate surface area is 203 Å². The first-order chi connectivity index (χ1) is 15.8. The first-order valence-corrected chi connectivity index (χ1v) is 11.8. The van der Waals surface area contributed by atoms with Crippen LogP contribution in [0.2, 0.25) is 10.0 Å². The minimum atomic E-state index is -0.526. The molecule has 1 aliphatic carbocycles. The minimum absolute atomic E-state index is 0.00155. The Morgan fingerprint density at radius 2 is 1.70 bits per heavy atom. The standard InChI is InChI=1S/C22H19Cl2N3O5S/c23-15-6-5-12(9-16(15)24)10-17-21(31)26(22(32)33-17)8-7-25-18(28)11-27-19(29)13-3-1-2-4-14(13)20(27)30/h1-2,5-6,9-10,13-14H,3-4,7-8,11H2,(H,25,28)/b17-10-/t13-,14-/m1/s1. The Morgan fingerprint density at radius 3 is 2.33 bits per heavy atom. The molecular weight excluding hydrogens is 489 g/mol. The van der Waals surface area contributed by atoms with Crippen molar-refractivity contribution < 1.29 is 24.0 Å². The second kappa shape index (κ2) is 9.70. The summed E-state index contributed by atoms with van der Waals surface area (Å²) in [7, 11) is 0. The molecule has 1 N–H and O–H groups in total. The number of amides is 5. The number of benzene rings is 1. The van der Waals surface area contributed by atoms with Gasteiger partial charge >= 0.3 is 0 Å². The molecule has 2 atom stereocenters. The molecule has 0 aromatic heterocycles. The van der Waals surface area contributed by atoms with Gasteiger partial charge in [-0.3, -0.25) is 33.8 Å². The third-order valence-electron chi connectivity index (χ3n) is 5.67. The van der Waals surface area contributed by atoms with Crippen molar-refractivity contribution in [1.29, 1.82) is 0 Å². The molecule has 0 saturated carbocycles. The Balaban J connectivity index is 1.30. The Hall–Kier alpha value is -2.62. The Kier molecular flexibility index (Phi) is 6.92. The van der Waals surface area contributed by atoms with E-state index in [1.807, 2.05) is 12.2 Å². The number of nitrogens with one attached hydrogen (secondary N) is 1. The van der Waals surface area contributed by atoms with E-state index in [2.05, 4.69) is 5.32 Å². The lowest BCUT2D eigenvalue weighted by atomic mass is 9.85. The highest BCUT2D eigenvalue weighted by atomic mass is 35.5. The summed E-state index contributed by atoms with van der Waals surface area (Å²) >= 11 is 12.7. The first kappa shape index (κ1) is 23.5. The maximum absolute atomic E-state index is 12.6. The van der Waals surface area contributed by atoms with Crippen LogP contribution in [0, 0.1) is 11.8 Å². The van der Waals surface area contributed by atoms with Gasteiger partial charge in [0.1, 0.15) is 6.54 Å². The van der Waals surface area contributed by atoms with Crippen molar-refractivity contribution in [1.82, 2.24) is 15.1 Å². The molecule has 1 aromatic carbocycles. The van der Waals surface area contributed by atoms with E-state index in [9.17, 15) is 24.0 Å². The van der Waals surface area contributed by atoms with Crippen molar-refractivity contribution in [2.45, 2.75) is 12.8 Å². The van der Waals surface area contributed by atoms with E-state index >= 15 is 0 Å². The smallest absolute Gasteiger partial charge is 0.293 e. The van der Waals surface area contributed by atoms with Crippen molar-refractivity contribution in [2.24, 2.45) is 11.8 Å². The van der Waals surface area contributed by atoms with E-state index < -0.39 is 28.9 Å². The zero-order valence-electron chi connectivity index (χ0n) is 17.3. The molecule has 2 heterocycles. The van der Waals surface area contributed by atoms with E-state index in [1.54, 1.807) is 24.3 Å². The van der Waals surface area contributed by atoms with Crippen molar-refractivity contribution in [2.75, 3.05) is 19.6 Å². The van der Waals surface area contributed by atoms with Gasteiger partial charge in [0, 0.05) is 13.1 Å². The van der Waals surface area contributed by atoms with Crippen LogP contribution in [-0.2, 0) is 19.2 Å². The number of rotatable bonds is 6. The van der Waals surface area contributed by atoms with Gasteiger partial charge in [0.2, 0.25) is 17.7 Å². The largest absolute Gasteiger partial charge is 0.353 e. The number of allylic oxidation sites excluding steroid dienone is 2. The molecule has 0 bridgehead atoms. The fourth-order valence-corrected chi connectivity index (χ4v) is 5.15. The van der Waals surface area contributed by atoms with Crippen LogP contribution in [0.5, 0.6) is 0 Å². The molecule has 0 radical (unpaired) electrons. The highest BCUT2D eigenvalue weighted by Crippen LogP contribution is 2.35. The third kappa shape index (κ3) is 4.85. The van der Waals surface area contributed by atoms with E-state index in [0.717, 1.165) is 21.6 Å². The van der Waals surface area contributed by atoms with Crippen molar-refractivity contribution in [3.05, 3.63) is 50.9 Å². The second-order valence-electron chi connectivity index (χ2n) is 7.78. The predicted octanol–water partition coefficient (Wildman–Crippen LogP) is 3.10. The highest BCUT2D eigenvalue weighted by molar-refractivity contribution is 8.18. The van der Waals surface area contributed by atoms with Crippen LogP contribution in [0.3, 0.4) is 0 Å². The number of carbonyl (C=O) groups is 5. The molecule has 1 aromatic rings. The number of hydrogen-bond donors (Lipinski definition) is 1. The van der Waals surface area contributed by atoms with Gasteiger partial charge in [-0.25, -0.2) is 0 Å². The lowest BCUT2D eigenvalue weighted by Gasteiger charge is -2.16. The average Bonchev–Trinajstić information content (AvgIpc) is 3.19. The van der Waals surface area contributed by atoms with Crippen molar-refractivity contribution in [3.63, 3.8) is 0 Å². The van der Waals surface area contributed by atoms with Gasteiger partial charge in [0.15, 0.2) is 0 Å². The summed E-state index contributed by atoms with van der Waals surface area (Å²) in [5, 5.41) is 2.83. The Bertz CT molecular complexity index is 1090. The molecule has 33 heavy (non-hydrogen) atoms. The zero-order valence-corrected chi connectivity index (χ0v) is 19.6. The third-order valence-corrected chi connectivity index (χ3v) is 7.32. The molecule has 2 saturated heterocycles. The average molecular weight is 508 g/mol. The van der Waals surface area contributed by atoms with Gasteiger partial charge in [-0.1, -0.05) is 41.4 Å². The van der Waals surface area contributed by atoms with Gasteiger partial charge in [-0.2, -0.15) is 0 Å². The molecule has 3 aliphatic rings. The molecule has 2 aliphatic heterocycles.